The lowest BCUT2D eigenvalue weighted by Crippen LogP contribution is -2.78. The third-order valence-electron chi connectivity index (χ3n) is 8.28. The number of piperidine rings is 1. The highest BCUT2D eigenvalue weighted by molar-refractivity contribution is 5.75. The Kier molecular flexibility index (Phi) is 4.87. The molecule has 1 saturated carbocycles. The summed E-state index contributed by atoms with van der Waals surface area (Å²) in [6, 6.07) is 3.54. The molecule has 2 aliphatic heterocycles. The fourth-order valence-electron chi connectivity index (χ4n) is 7.09. The van der Waals surface area contributed by atoms with Gasteiger partial charge in [-0.3, -0.25) is 10.1 Å². The van der Waals surface area contributed by atoms with Crippen molar-refractivity contribution in [1.82, 2.24) is 10.2 Å². The van der Waals surface area contributed by atoms with Gasteiger partial charge in [-0.2, -0.15) is 0 Å². The third kappa shape index (κ3) is 2.80. The fraction of sp³-hybridized carbons (Fsp3) is 0.720. The van der Waals surface area contributed by atoms with Crippen molar-refractivity contribution in [2.45, 2.75) is 94.2 Å². The average molecular weight is 445 g/mol. The van der Waals surface area contributed by atoms with Crippen molar-refractivity contribution in [1.29, 1.82) is 0 Å². The smallest absolute Gasteiger partial charge is 0.323 e. The minimum absolute atomic E-state index is 0.0531. The number of nitrogens with one attached hydrogen (secondary N) is 1. The number of benzene rings is 1. The van der Waals surface area contributed by atoms with Crippen molar-refractivity contribution in [3.63, 3.8) is 0 Å². The number of methoxy groups -OCH3 is 1. The van der Waals surface area contributed by atoms with E-state index in [-0.39, 0.29) is 40.9 Å². The van der Waals surface area contributed by atoms with Crippen LogP contribution in [0, 0.1) is 0 Å². The van der Waals surface area contributed by atoms with Gasteiger partial charge in [-0.05, 0) is 78.6 Å². The number of carbonyl (C=O) groups is 1. The lowest BCUT2D eigenvalue weighted by atomic mass is 9.48. The lowest BCUT2D eigenvalue weighted by molar-refractivity contribution is -0.204. The van der Waals surface area contributed by atoms with Gasteiger partial charge in [-0.25, -0.2) is 0 Å². The number of hydrogen-bond donors (Lipinski definition) is 2. The molecule has 2 aliphatic carbocycles. The van der Waals surface area contributed by atoms with Crippen molar-refractivity contribution in [2.24, 2.45) is 0 Å². The largest absolute Gasteiger partial charge is 0.504 e. The summed E-state index contributed by atoms with van der Waals surface area (Å²) >= 11 is 0. The van der Waals surface area contributed by atoms with Crippen LogP contribution >= 0.6 is 0 Å². The first-order valence-corrected chi connectivity index (χ1v) is 11.8. The van der Waals surface area contributed by atoms with Gasteiger partial charge in [0, 0.05) is 24.8 Å². The van der Waals surface area contributed by atoms with E-state index < -0.39 is 11.6 Å². The Morgan fingerprint density at radius 2 is 2.09 bits per heavy atom. The highest BCUT2D eigenvalue weighted by Crippen LogP contribution is 2.66. The molecular weight excluding hydrogens is 408 g/mol. The zero-order chi connectivity index (χ0) is 23.1. The van der Waals surface area contributed by atoms with Crippen LogP contribution in [-0.4, -0.2) is 72.1 Å². The van der Waals surface area contributed by atoms with E-state index in [1.807, 2.05) is 40.9 Å². The van der Waals surface area contributed by atoms with Crippen molar-refractivity contribution in [3.05, 3.63) is 23.3 Å². The molecule has 32 heavy (non-hydrogen) atoms. The maximum absolute atomic E-state index is 12.7. The molecule has 0 amide bonds. The van der Waals surface area contributed by atoms with Crippen LogP contribution in [0.25, 0.3) is 0 Å². The predicted molar refractivity (Wildman–Crippen MR) is 120 cm³/mol. The molecule has 4 aliphatic rings. The molecule has 2 N–H and O–H groups in total. The van der Waals surface area contributed by atoms with E-state index in [2.05, 4.69) is 17.3 Å². The maximum Gasteiger partial charge on any atom is 0.323 e. The number of carbonyl (C=O) groups excluding carboxylic acids is 1. The minimum atomic E-state index is -0.533. The van der Waals surface area contributed by atoms with E-state index in [9.17, 15) is 9.90 Å². The molecule has 176 valence electrons. The van der Waals surface area contributed by atoms with Crippen LogP contribution in [0.4, 0.5) is 0 Å². The number of likely N-dealkylation sites (tertiary alicyclic amines) is 1. The topological polar surface area (TPSA) is 80.3 Å². The van der Waals surface area contributed by atoms with Gasteiger partial charge >= 0.3 is 5.97 Å². The predicted octanol–water partition coefficient (Wildman–Crippen LogP) is 2.52. The summed E-state index contributed by atoms with van der Waals surface area (Å²) in [6.07, 6.45) is 3.24. The minimum Gasteiger partial charge on any atom is -0.504 e. The number of rotatable bonds is 4. The number of ether oxygens (including phenoxy) is 3. The van der Waals surface area contributed by atoms with Gasteiger partial charge in [0.15, 0.2) is 11.5 Å². The van der Waals surface area contributed by atoms with E-state index in [1.165, 1.54) is 5.56 Å². The van der Waals surface area contributed by atoms with Crippen LogP contribution in [-0.2, 0) is 26.1 Å². The van der Waals surface area contributed by atoms with Crippen molar-refractivity contribution >= 4 is 5.97 Å². The van der Waals surface area contributed by atoms with Gasteiger partial charge in [-0.1, -0.05) is 6.07 Å². The molecule has 2 bridgehead atoms. The Morgan fingerprint density at radius 3 is 2.78 bits per heavy atom. The first-order valence-electron chi connectivity index (χ1n) is 11.8. The zero-order valence-corrected chi connectivity index (χ0v) is 20.0. The normalized spacial score (nSPS) is 36.2. The summed E-state index contributed by atoms with van der Waals surface area (Å²) in [5, 5.41) is 14.3. The molecular formula is C25H36N2O5. The Balaban J connectivity index is 1.56. The second-order valence-electron chi connectivity index (χ2n) is 11.1. The summed E-state index contributed by atoms with van der Waals surface area (Å²) in [7, 11) is 4.01. The number of phenols is 1. The number of aromatic hydroxyl groups is 1. The quantitative estimate of drug-likeness (QED) is 0.691. The third-order valence-corrected chi connectivity index (χ3v) is 8.28. The summed E-state index contributed by atoms with van der Waals surface area (Å²) in [6.45, 7) is 8.44. The van der Waals surface area contributed by atoms with E-state index in [1.54, 1.807) is 6.07 Å². The molecule has 1 aromatic carbocycles. The van der Waals surface area contributed by atoms with E-state index >= 15 is 0 Å². The van der Waals surface area contributed by atoms with E-state index in [0.717, 1.165) is 37.8 Å². The van der Waals surface area contributed by atoms with Crippen molar-refractivity contribution < 1.29 is 24.1 Å². The Hall–Kier alpha value is -1.83. The molecule has 1 unspecified atom stereocenters. The molecule has 7 nitrogen and oxygen atoms in total. The monoisotopic (exact) mass is 444 g/mol. The van der Waals surface area contributed by atoms with E-state index in [0.29, 0.717) is 5.75 Å². The SMILES string of the molecule is COC12CC[C@@H](N[C@@H](C)C(=O)OC(C)(C)C)[C@@H]3Oc4c(O)ccc5c4[C@@]31CCN(C)[C@@H]2C5. The molecule has 1 saturated heterocycles. The summed E-state index contributed by atoms with van der Waals surface area (Å²) < 4.78 is 18.7. The molecule has 2 heterocycles. The number of esters is 1. The van der Waals surface area contributed by atoms with Crippen LogP contribution in [0.2, 0.25) is 0 Å². The molecule has 1 aromatic rings. The van der Waals surface area contributed by atoms with Crippen molar-refractivity contribution in [2.75, 3.05) is 20.7 Å². The van der Waals surface area contributed by atoms with Crippen LogP contribution < -0.4 is 10.1 Å². The lowest BCUT2D eigenvalue weighted by Gasteiger charge is -2.65. The highest BCUT2D eigenvalue weighted by Gasteiger charge is 2.73. The Labute approximate surface area is 190 Å². The molecule has 0 radical (unpaired) electrons. The van der Waals surface area contributed by atoms with Gasteiger partial charge in [-0.15, -0.1) is 0 Å². The van der Waals surface area contributed by atoms with Crippen LogP contribution in [0.1, 0.15) is 58.1 Å². The summed E-state index contributed by atoms with van der Waals surface area (Å²) in [5.74, 6) is 0.534. The fourth-order valence-corrected chi connectivity index (χ4v) is 7.09. The Morgan fingerprint density at radius 1 is 1.34 bits per heavy atom. The average Bonchev–Trinajstić information content (AvgIpc) is 3.08. The summed E-state index contributed by atoms with van der Waals surface area (Å²) in [4.78, 5) is 15.1. The molecule has 1 spiro atoms. The maximum atomic E-state index is 12.7. The van der Waals surface area contributed by atoms with Crippen LogP contribution in [0.5, 0.6) is 11.5 Å². The number of phenolic OH excluding ortho intramolecular Hbond substituents is 1. The zero-order valence-electron chi connectivity index (χ0n) is 20.0. The van der Waals surface area contributed by atoms with Gasteiger partial charge < -0.3 is 24.2 Å². The first kappa shape index (κ1) is 22.0. The highest BCUT2D eigenvalue weighted by atomic mass is 16.6. The standard InChI is InChI=1S/C25H36N2O5/c1-14(22(29)32-23(2,3)4)26-16-9-10-25(30-6)18-13-15-7-8-17(28)20-19(15)24(25,21(16)31-20)11-12-27(18)5/h7-8,14,16,18,21,26,28H,9-13H2,1-6H3/t14-,16+,18+,21-,24-,25?/m0/s1. The van der Waals surface area contributed by atoms with Crippen LogP contribution in [0.15, 0.2) is 12.1 Å². The first-order chi connectivity index (χ1) is 15.0. The number of nitrogens with zero attached hydrogens (tertiary/aromatic N) is 1. The second kappa shape index (κ2) is 7.08. The number of hydrogen-bond acceptors (Lipinski definition) is 7. The van der Waals surface area contributed by atoms with Crippen LogP contribution in [0.3, 0.4) is 0 Å². The van der Waals surface area contributed by atoms with Gasteiger partial charge in [0.25, 0.3) is 0 Å². The Bertz CT molecular complexity index is 943. The van der Waals surface area contributed by atoms with Crippen molar-refractivity contribution in [3.8, 4) is 11.5 Å². The molecule has 7 heteroatoms. The van der Waals surface area contributed by atoms with E-state index in [4.69, 9.17) is 14.2 Å². The second-order valence-corrected chi connectivity index (χ2v) is 11.1. The van der Waals surface area contributed by atoms with Gasteiger partial charge in [0.2, 0.25) is 0 Å². The van der Waals surface area contributed by atoms with Gasteiger partial charge in [0.1, 0.15) is 17.7 Å². The molecule has 6 atom stereocenters. The molecule has 0 aromatic heterocycles. The molecule has 2 fully saturated rings. The molecule has 5 rings (SSSR count). The van der Waals surface area contributed by atoms with Gasteiger partial charge in [0.05, 0.1) is 11.0 Å². The number of likely N-dealkylation sites (N-methyl/N-ethyl adjacent to an activating group) is 1. The summed E-state index contributed by atoms with van der Waals surface area (Å²) in [5.41, 5.74) is 1.10.